The van der Waals surface area contributed by atoms with Crippen molar-refractivity contribution in [2.24, 2.45) is 11.8 Å². The predicted octanol–water partition coefficient (Wildman–Crippen LogP) is 2.78. The van der Waals surface area contributed by atoms with Gasteiger partial charge in [-0.15, -0.1) is 0 Å². The summed E-state index contributed by atoms with van der Waals surface area (Å²) in [6, 6.07) is 8.25. The van der Waals surface area contributed by atoms with Crippen molar-refractivity contribution in [2.75, 3.05) is 13.1 Å². The fourth-order valence-electron chi connectivity index (χ4n) is 3.19. The Bertz CT molecular complexity index is 517. The summed E-state index contributed by atoms with van der Waals surface area (Å²) in [5, 5.41) is 9.62. The minimum absolute atomic E-state index is 0.150. The van der Waals surface area contributed by atoms with Crippen molar-refractivity contribution in [3.8, 4) is 0 Å². The number of amides is 1. The number of aliphatic hydroxyl groups excluding tert-OH is 1. The number of rotatable bonds is 3. The summed E-state index contributed by atoms with van der Waals surface area (Å²) < 4.78 is 1.07. The van der Waals surface area contributed by atoms with Gasteiger partial charge in [0.25, 0.3) is 0 Å². The molecule has 0 spiro atoms. The summed E-state index contributed by atoms with van der Waals surface area (Å²) in [7, 11) is 0. The smallest absolute Gasteiger partial charge is 0.226 e. The molecule has 0 radical (unpaired) electrons. The first-order valence-corrected chi connectivity index (χ1v) is 8.08. The average Bonchev–Trinajstić information content (AvgIpc) is 3.06. The summed E-state index contributed by atoms with van der Waals surface area (Å²) in [6.45, 7) is 3.34. The monoisotopic (exact) mass is 337 g/mol. The van der Waals surface area contributed by atoms with Gasteiger partial charge in [0.05, 0.1) is 6.10 Å². The van der Waals surface area contributed by atoms with Crippen molar-refractivity contribution >= 4 is 21.8 Å². The van der Waals surface area contributed by atoms with E-state index in [0.717, 1.165) is 30.4 Å². The molecule has 2 fully saturated rings. The number of likely N-dealkylation sites (tertiary alicyclic amines) is 1. The molecule has 1 saturated carbocycles. The Hall–Kier alpha value is -0.870. The standard InChI is InChI=1S/C16H20BrNO2/c1-10(19)12-5-6-18(9-12)16(20)15-8-14(15)11-3-2-4-13(17)7-11/h2-4,7,10,12,14-15,19H,5-6,8-9H2,1H3. The van der Waals surface area contributed by atoms with E-state index in [4.69, 9.17) is 0 Å². The van der Waals surface area contributed by atoms with E-state index >= 15 is 0 Å². The van der Waals surface area contributed by atoms with Crippen LogP contribution in [0, 0.1) is 11.8 Å². The third-order valence-electron chi connectivity index (χ3n) is 4.60. The maximum Gasteiger partial charge on any atom is 0.226 e. The molecule has 4 heteroatoms. The van der Waals surface area contributed by atoms with Crippen LogP contribution in [-0.4, -0.2) is 35.1 Å². The number of benzene rings is 1. The van der Waals surface area contributed by atoms with Crippen LogP contribution < -0.4 is 0 Å². The van der Waals surface area contributed by atoms with Crippen molar-refractivity contribution in [2.45, 2.75) is 31.8 Å². The molecular formula is C16H20BrNO2. The Labute approximate surface area is 128 Å². The topological polar surface area (TPSA) is 40.5 Å². The molecule has 1 heterocycles. The molecule has 1 N–H and O–H groups in total. The zero-order valence-corrected chi connectivity index (χ0v) is 13.2. The Morgan fingerprint density at radius 3 is 2.95 bits per heavy atom. The fourth-order valence-corrected chi connectivity index (χ4v) is 3.61. The fraction of sp³-hybridized carbons (Fsp3) is 0.562. The Balaban J connectivity index is 1.61. The molecule has 3 nitrogen and oxygen atoms in total. The van der Waals surface area contributed by atoms with Crippen LogP contribution >= 0.6 is 15.9 Å². The van der Waals surface area contributed by atoms with E-state index in [1.807, 2.05) is 24.0 Å². The zero-order chi connectivity index (χ0) is 14.3. The number of nitrogens with zero attached hydrogens (tertiary/aromatic N) is 1. The van der Waals surface area contributed by atoms with Crippen molar-refractivity contribution in [1.82, 2.24) is 4.90 Å². The van der Waals surface area contributed by atoms with Gasteiger partial charge in [-0.3, -0.25) is 4.79 Å². The molecule has 1 aromatic carbocycles. The van der Waals surface area contributed by atoms with Gasteiger partial charge in [0.2, 0.25) is 5.91 Å². The third kappa shape index (κ3) is 2.77. The molecule has 1 aliphatic carbocycles. The van der Waals surface area contributed by atoms with E-state index in [-0.39, 0.29) is 23.8 Å². The molecule has 0 bridgehead atoms. The average molecular weight is 338 g/mol. The lowest BCUT2D eigenvalue weighted by Gasteiger charge is -2.18. The van der Waals surface area contributed by atoms with E-state index in [9.17, 15) is 9.90 Å². The first-order valence-electron chi connectivity index (χ1n) is 7.28. The van der Waals surface area contributed by atoms with E-state index in [0.29, 0.717) is 5.92 Å². The third-order valence-corrected chi connectivity index (χ3v) is 5.10. The highest BCUT2D eigenvalue weighted by Gasteiger charge is 2.47. The van der Waals surface area contributed by atoms with Gasteiger partial charge in [0.15, 0.2) is 0 Å². The van der Waals surface area contributed by atoms with Crippen LogP contribution in [0.15, 0.2) is 28.7 Å². The van der Waals surface area contributed by atoms with Crippen LogP contribution in [0.4, 0.5) is 0 Å². The molecule has 3 rings (SSSR count). The highest BCUT2D eigenvalue weighted by Crippen LogP contribution is 2.49. The van der Waals surface area contributed by atoms with Gasteiger partial charge in [0.1, 0.15) is 0 Å². The number of carbonyl (C=O) groups excluding carboxylic acids is 1. The number of hydrogen-bond acceptors (Lipinski definition) is 2. The van der Waals surface area contributed by atoms with Gasteiger partial charge in [-0.05, 0) is 43.4 Å². The first-order chi connectivity index (χ1) is 9.56. The van der Waals surface area contributed by atoms with Crippen LogP contribution in [0.2, 0.25) is 0 Å². The summed E-state index contributed by atoms with van der Waals surface area (Å²) in [5.41, 5.74) is 1.25. The summed E-state index contributed by atoms with van der Waals surface area (Å²) >= 11 is 3.48. The van der Waals surface area contributed by atoms with Crippen molar-refractivity contribution in [3.63, 3.8) is 0 Å². The molecule has 2 aliphatic rings. The molecule has 4 unspecified atom stereocenters. The largest absolute Gasteiger partial charge is 0.393 e. The maximum absolute atomic E-state index is 12.5. The second-order valence-electron chi connectivity index (χ2n) is 6.08. The Kier molecular flexibility index (Phi) is 3.87. The first kappa shape index (κ1) is 14.1. The number of aliphatic hydroxyl groups is 1. The lowest BCUT2D eigenvalue weighted by atomic mass is 10.0. The lowest BCUT2D eigenvalue weighted by molar-refractivity contribution is -0.131. The maximum atomic E-state index is 12.5. The van der Waals surface area contributed by atoms with Crippen LogP contribution in [0.5, 0.6) is 0 Å². The van der Waals surface area contributed by atoms with Crippen LogP contribution in [-0.2, 0) is 4.79 Å². The second-order valence-corrected chi connectivity index (χ2v) is 6.99. The molecule has 0 aromatic heterocycles. The van der Waals surface area contributed by atoms with Gasteiger partial charge in [-0.2, -0.15) is 0 Å². The van der Waals surface area contributed by atoms with E-state index in [2.05, 4.69) is 28.1 Å². The number of carbonyl (C=O) groups is 1. The second kappa shape index (κ2) is 5.49. The zero-order valence-electron chi connectivity index (χ0n) is 11.6. The highest BCUT2D eigenvalue weighted by molar-refractivity contribution is 9.10. The Morgan fingerprint density at radius 2 is 2.30 bits per heavy atom. The SMILES string of the molecule is CC(O)C1CCN(C(=O)C2CC2c2cccc(Br)c2)C1. The van der Waals surface area contributed by atoms with Crippen molar-refractivity contribution in [1.29, 1.82) is 0 Å². The molecule has 1 amide bonds. The number of hydrogen-bond donors (Lipinski definition) is 1. The van der Waals surface area contributed by atoms with Gasteiger partial charge >= 0.3 is 0 Å². The van der Waals surface area contributed by atoms with Gasteiger partial charge in [0, 0.05) is 29.4 Å². The van der Waals surface area contributed by atoms with Gasteiger partial charge in [-0.25, -0.2) is 0 Å². The van der Waals surface area contributed by atoms with Gasteiger partial charge in [-0.1, -0.05) is 28.1 Å². The molecule has 1 aliphatic heterocycles. The molecule has 20 heavy (non-hydrogen) atoms. The molecule has 1 aromatic rings. The predicted molar refractivity (Wildman–Crippen MR) is 81.4 cm³/mol. The van der Waals surface area contributed by atoms with Crippen LogP contribution in [0.3, 0.4) is 0 Å². The van der Waals surface area contributed by atoms with Gasteiger partial charge < -0.3 is 10.0 Å². The van der Waals surface area contributed by atoms with Crippen LogP contribution in [0.1, 0.15) is 31.2 Å². The molecule has 1 saturated heterocycles. The summed E-state index contributed by atoms with van der Waals surface area (Å²) in [6.07, 6.45) is 1.58. The van der Waals surface area contributed by atoms with E-state index in [1.165, 1.54) is 5.56 Å². The van der Waals surface area contributed by atoms with Crippen LogP contribution in [0.25, 0.3) is 0 Å². The van der Waals surface area contributed by atoms with Crippen molar-refractivity contribution in [3.05, 3.63) is 34.3 Å². The minimum atomic E-state index is -0.312. The molecular weight excluding hydrogens is 318 g/mol. The summed E-state index contributed by atoms with van der Waals surface area (Å²) in [4.78, 5) is 14.4. The summed E-state index contributed by atoms with van der Waals surface area (Å²) in [5.74, 6) is 1.06. The van der Waals surface area contributed by atoms with E-state index in [1.54, 1.807) is 0 Å². The van der Waals surface area contributed by atoms with Crippen molar-refractivity contribution < 1.29 is 9.90 Å². The normalized spacial score (nSPS) is 30.4. The lowest BCUT2D eigenvalue weighted by Crippen LogP contribution is -2.31. The quantitative estimate of drug-likeness (QED) is 0.921. The number of halogens is 1. The minimum Gasteiger partial charge on any atom is -0.393 e. The highest BCUT2D eigenvalue weighted by atomic mass is 79.9. The molecule has 4 atom stereocenters. The molecule has 108 valence electrons. The van der Waals surface area contributed by atoms with E-state index < -0.39 is 0 Å². The Morgan fingerprint density at radius 1 is 1.50 bits per heavy atom.